The van der Waals surface area contributed by atoms with Crippen molar-refractivity contribution in [1.29, 1.82) is 0 Å². The van der Waals surface area contributed by atoms with E-state index >= 15 is 0 Å². The Morgan fingerprint density at radius 1 is 0.871 bits per heavy atom. The highest BCUT2D eigenvalue weighted by molar-refractivity contribution is 7.13. The topological polar surface area (TPSA) is 118 Å². The van der Waals surface area contributed by atoms with Crippen LogP contribution in [0, 0.1) is 0 Å². The Morgan fingerprint density at radius 2 is 1.52 bits per heavy atom. The van der Waals surface area contributed by atoms with Crippen molar-refractivity contribution >= 4 is 40.3 Å². The Bertz CT molecular complexity index is 1230. The minimum atomic E-state index is -0.706. The number of benzene rings is 2. The summed E-state index contributed by atoms with van der Waals surface area (Å²) in [4.78, 5) is 36.9. The lowest BCUT2D eigenvalue weighted by Crippen LogP contribution is -2.25. The molecule has 2 aromatic carbocycles. The van der Waals surface area contributed by atoms with Gasteiger partial charge in [0.2, 0.25) is 5.91 Å². The minimum absolute atomic E-state index is 0.178. The van der Waals surface area contributed by atoms with E-state index in [9.17, 15) is 14.4 Å². The van der Waals surface area contributed by atoms with Crippen LogP contribution in [0.25, 0.3) is 10.8 Å². The van der Waals surface area contributed by atoms with Crippen molar-refractivity contribution in [2.24, 2.45) is 0 Å². The molecule has 3 N–H and O–H groups in total. The molecule has 3 amide bonds. The fraction of sp³-hybridized carbons (Fsp3) is 0.0476. The second-order valence-corrected chi connectivity index (χ2v) is 7.33. The zero-order valence-electron chi connectivity index (χ0n) is 16.1. The van der Waals surface area contributed by atoms with Crippen molar-refractivity contribution in [2.75, 3.05) is 16.0 Å². The molecule has 0 saturated carbocycles. The predicted molar refractivity (Wildman–Crippen MR) is 118 cm³/mol. The van der Waals surface area contributed by atoms with E-state index in [4.69, 9.17) is 4.42 Å². The normalized spacial score (nSPS) is 10.5. The van der Waals surface area contributed by atoms with Crippen LogP contribution in [0.3, 0.4) is 0 Å². The number of aromatic nitrogens is 2. The molecule has 4 rings (SSSR count). The van der Waals surface area contributed by atoms with Crippen LogP contribution < -0.4 is 21.7 Å². The van der Waals surface area contributed by atoms with Gasteiger partial charge in [-0.05, 0) is 47.8 Å². The highest BCUT2D eigenvalue weighted by Gasteiger charge is 2.14. The van der Waals surface area contributed by atoms with Crippen LogP contribution in [0.15, 0.2) is 81.3 Å². The average molecular weight is 435 g/mol. The molecule has 4 aromatic rings. The number of carbonyl (C=O) groups excluding carboxylic acids is 2. The third-order valence-electron chi connectivity index (χ3n) is 4.09. The van der Waals surface area contributed by atoms with Crippen LogP contribution in [0.4, 0.5) is 21.9 Å². The molecule has 156 valence electrons. The summed E-state index contributed by atoms with van der Waals surface area (Å²) in [6, 6.07) is 18.8. The van der Waals surface area contributed by atoms with E-state index in [0.29, 0.717) is 21.9 Å². The molecule has 0 aliphatic heterocycles. The van der Waals surface area contributed by atoms with Crippen molar-refractivity contribution in [3.63, 3.8) is 0 Å². The van der Waals surface area contributed by atoms with Gasteiger partial charge < -0.3 is 20.4 Å². The number of hydrogen-bond acceptors (Lipinski definition) is 6. The van der Waals surface area contributed by atoms with Crippen molar-refractivity contribution < 1.29 is 14.0 Å². The fourth-order valence-electron chi connectivity index (χ4n) is 2.69. The molecule has 0 atom stereocenters. The first kappa shape index (κ1) is 20.1. The largest absolute Gasteiger partial charge is 0.437 e. The highest BCUT2D eigenvalue weighted by atomic mass is 32.1. The Kier molecular flexibility index (Phi) is 5.90. The maximum atomic E-state index is 12.3. The first-order valence-electron chi connectivity index (χ1n) is 9.21. The van der Waals surface area contributed by atoms with Gasteiger partial charge in [0.25, 0.3) is 5.89 Å². The van der Waals surface area contributed by atoms with Crippen LogP contribution in [0.1, 0.15) is 0 Å². The molecule has 0 spiro atoms. The van der Waals surface area contributed by atoms with E-state index in [1.165, 1.54) is 11.3 Å². The zero-order valence-corrected chi connectivity index (χ0v) is 16.9. The molecule has 0 saturated heterocycles. The number of anilines is 3. The van der Waals surface area contributed by atoms with E-state index in [-0.39, 0.29) is 18.5 Å². The average Bonchev–Trinajstić information content (AvgIpc) is 3.40. The molecule has 0 fully saturated rings. The Labute approximate surface area is 180 Å². The standard InChI is InChI=1S/C21H17N5O4S/c27-18(13-26-21(29)30-19(25-26)17-7-4-12-31-17)22-15-8-10-16(11-9-15)24-20(28)23-14-5-2-1-3-6-14/h1-12H,13H2,(H,22,27)(H2,23,24,28). The molecule has 0 unspecified atom stereocenters. The molecule has 0 aliphatic rings. The number of urea groups is 1. The summed E-state index contributed by atoms with van der Waals surface area (Å²) in [5.74, 6) is -0.963. The number of amides is 3. The van der Waals surface area contributed by atoms with Crippen LogP contribution in [0.5, 0.6) is 0 Å². The first-order chi connectivity index (χ1) is 15.1. The van der Waals surface area contributed by atoms with Crippen molar-refractivity contribution in [3.8, 4) is 10.8 Å². The number of thiophene rings is 1. The lowest BCUT2D eigenvalue weighted by molar-refractivity contribution is -0.117. The van der Waals surface area contributed by atoms with Gasteiger partial charge in [0.15, 0.2) is 0 Å². The summed E-state index contributed by atoms with van der Waals surface area (Å²) < 4.78 is 6.05. The molecule has 0 aliphatic carbocycles. The molecule has 2 aromatic heterocycles. The van der Waals surface area contributed by atoms with Gasteiger partial charge in [0.05, 0.1) is 4.88 Å². The molecule has 9 nitrogen and oxygen atoms in total. The number of para-hydroxylation sites is 1. The molecule has 0 bridgehead atoms. The van der Waals surface area contributed by atoms with Gasteiger partial charge in [0.1, 0.15) is 6.54 Å². The summed E-state index contributed by atoms with van der Waals surface area (Å²) in [6.07, 6.45) is 0. The van der Waals surface area contributed by atoms with Gasteiger partial charge in [-0.2, -0.15) is 4.68 Å². The summed E-state index contributed by atoms with van der Waals surface area (Å²) in [5, 5.41) is 14.0. The number of rotatable bonds is 6. The second kappa shape index (κ2) is 9.09. The van der Waals surface area contributed by atoms with E-state index in [1.807, 2.05) is 29.6 Å². The number of nitrogens with one attached hydrogen (secondary N) is 3. The maximum absolute atomic E-state index is 12.3. The van der Waals surface area contributed by atoms with E-state index in [1.54, 1.807) is 42.5 Å². The summed E-state index contributed by atoms with van der Waals surface area (Å²) in [5.41, 5.74) is 1.74. The number of nitrogens with zero attached hydrogens (tertiary/aromatic N) is 2. The van der Waals surface area contributed by atoms with E-state index in [2.05, 4.69) is 21.0 Å². The quantitative estimate of drug-likeness (QED) is 0.425. The third kappa shape index (κ3) is 5.25. The van der Waals surface area contributed by atoms with Gasteiger partial charge in [-0.1, -0.05) is 24.3 Å². The van der Waals surface area contributed by atoms with E-state index < -0.39 is 11.7 Å². The monoisotopic (exact) mass is 435 g/mol. The van der Waals surface area contributed by atoms with Crippen LogP contribution in [-0.2, 0) is 11.3 Å². The molecule has 31 heavy (non-hydrogen) atoms. The molecule has 2 heterocycles. The van der Waals surface area contributed by atoms with Crippen molar-refractivity contribution in [3.05, 3.63) is 82.7 Å². The fourth-order valence-corrected chi connectivity index (χ4v) is 3.34. The lowest BCUT2D eigenvalue weighted by atomic mass is 10.2. The van der Waals surface area contributed by atoms with Crippen LogP contribution in [0.2, 0.25) is 0 Å². The van der Waals surface area contributed by atoms with Gasteiger partial charge in [-0.15, -0.1) is 16.4 Å². The summed E-state index contributed by atoms with van der Waals surface area (Å²) in [6.45, 7) is -0.285. The van der Waals surface area contributed by atoms with Gasteiger partial charge >= 0.3 is 11.8 Å². The minimum Gasteiger partial charge on any atom is -0.387 e. The van der Waals surface area contributed by atoms with E-state index in [0.717, 1.165) is 4.68 Å². The van der Waals surface area contributed by atoms with Gasteiger partial charge in [0, 0.05) is 17.1 Å². The highest BCUT2D eigenvalue weighted by Crippen LogP contribution is 2.21. The number of carbonyl (C=O) groups is 2. The molecular formula is C21H17N5O4S. The predicted octanol–water partition coefficient (Wildman–Crippen LogP) is 3.85. The van der Waals surface area contributed by atoms with Crippen LogP contribution in [-0.4, -0.2) is 21.7 Å². The van der Waals surface area contributed by atoms with Crippen molar-refractivity contribution in [2.45, 2.75) is 6.54 Å². The first-order valence-corrected chi connectivity index (χ1v) is 10.1. The van der Waals surface area contributed by atoms with Crippen LogP contribution >= 0.6 is 11.3 Å². The lowest BCUT2D eigenvalue weighted by Gasteiger charge is -2.09. The third-order valence-corrected chi connectivity index (χ3v) is 4.95. The molecule has 10 heteroatoms. The summed E-state index contributed by atoms with van der Waals surface area (Å²) >= 11 is 1.38. The Morgan fingerprint density at radius 3 is 2.16 bits per heavy atom. The van der Waals surface area contributed by atoms with Gasteiger partial charge in [-0.25, -0.2) is 9.59 Å². The molecular weight excluding hydrogens is 418 g/mol. The smallest absolute Gasteiger partial charge is 0.387 e. The Hall–Kier alpha value is -4.18. The zero-order chi connectivity index (χ0) is 21.6. The second-order valence-electron chi connectivity index (χ2n) is 6.38. The van der Waals surface area contributed by atoms with Crippen molar-refractivity contribution in [1.82, 2.24) is 9.78 Å². The number of hydrogen-bond donors (Lipinski definition) is 3. The Balaban J connectivity index is 1.32. The van der Waals surface area contributed by atoms with Gasteiger partial charge in [-0.3, -0.25) is 4.79 Å². The molecule has 0 radical (unpaired) electrons. The summed E-state index contributed by atoms with van der Waals surface area (Å²) in [7, 11) is 0. The maximum Gasteiger partial charge on any atom is 0.437 e. The SMILES string of the molecule is O=C(Cn1nc(-c2cccs2)oc1=O)Nc1ccc(NC(=O)Nc2ccccc2)cc1.